The van der Waals surface area contributed by atoms with Gasteiger partial charge in [0.2, 0.25) is 0 Å². The molecule has 16 heavy (non-hydrogen) atoms. The van der Waals surface area contributed by atoms with Crippen LogP contribution < -0.4 is 0 Å². The van der Waals surface area contributed by atoms with Crippen LogP contribution in [0.15, 0.2) is 0 Å². The number of rotatable bonds is 8. The van der Waals surface area contributed by atoms with Crippen LogP contribution in [0.25, 0.3) is 0 Å². The molecule has 4 nitrogen and oxygen atoms in total. The molecule has 0 aromatic heterocycles. The van der Waals surface area contributed by atoms with E-state index in [1.54, 1.807) is 6.92 Å². The van der Waals surface area contributed by atoms with Crippen LogP contribution in [0.2, 0.25) is 0 Å². The van der Waals surface area contributed by atoms with Crippen molar-refractivity contribution in [2.24, 2.45) is 0 Å². The molecule has 0 fully saturated rings. The molecular weight excluding hydrogens is 208 g/mol. The van der Waals surface area contributed by atoms with Crippen LogP contribution in [-0.4, -0.2) is 24.6 Å². The van der Waals surface area contributed by atoms with Crippen LogP contribution in [0.3, 0.4) is 0 Å². The number of carbonyl (C=O) groups is 2. The quantitative estimate of drug-likeness (QED) is 0.475. The standard InChI is InChI=1S/C12H22O4/c1-4-11(3)16-12(14)15-9-7-5-6-8-10(2)13/h11H,4-9H2,1-3H3. The fraction of sp³-hybridized carbons (Fsp3) is 0.833. The van der Waals surface area contributed by atoms with Gasteiger partial charge in [0.15, 0.2) is 0 Å². The highest BCUT2D eigenvalue weighted by Gasteiger charge is 2.07. The summed E-state index contributed by atoms with van der Waals surface area (Å²) < 4.78 is 9.80. The number of Topliss-reactive ketones (excluding diaryl/α,β-unsaturated/α-hetero) is 1. The molecule has 0 aromatic carbocycles. The van der Waals surface area contributed by atoms with Crippen LogP contribution >= 0.6 is 0 Å². The molecule has 4 heteroatoms. The van der Waals surface area contributed by atoms with E-state index >= 15 is 0 Å². The lowest BCUT2D eigenvalue weighted by atomic mass is 10.1. The second kappa shape index (κ2) is 9.19. The topological polar surface area (TPSA) is 52.6 Å². The van der Waals surface area contributed by atoms with Gasteiger partial charge in [-0.15, -0.1) is 0 Å². The molecule has 0 heterocycles. The largest absolute Gasteiger partial charge is 0.508 e. The number of ketones is 1. The first-order valence-electron chi connectivity index (χ1n) is 5.89. The Morgan fingerprint density at radius 2 is 1.88 bits per heavy atom. The van der Waals surface area contributed by atoms with Gasteiger partial charge < -0.3 is 14.3 Å². The molecule has 0 aromatic rings. The van der Waals surface area contributed by atoms with Gasteiger partial charge >= 0.3 is 6.16 Å². The molecule has 0 rings (SSSR count). The molecule has 1 atom stereocenters. The summed E-state index contributed by atoms with van der Waals surface area (Å²) in [4.78, 5) is 21.7. The normalized spacial score (nSPS) is 11.9. The van der Waals surface area contributed by atoms with Gasteiger partial charge in [-0.25, -0.2) is 4.79 Å². The molecule has 0 amide bonds. The molecule has 0 saturated heterocycles. The van der Waals surface area contributed by atoms with Gasteiger partial charge in [0.1, 0.15) is 11.9 Å². The van der Waals surface area contributed by atoms with Crippen molar-refractivity contribution in [2.45, 2.75) is 59.0 Å². The maximum Gasteiger partial charge on any atom is 0.508 e. The first kappa shape index (κ1) is 14.9. The predicted octanol–water partition coefficient (Wildman–Crippen LogP) is 3.09. The van der Waals surface area contributed by atoms with Gasteiger partial charge in [-0.3, -0.25) is 0 Å². The molecular formula is C12H22O4. The Morgan fingerprint density at radius 3 is 2.44 bits per heavy atom. The summed E-state index contributed by atoms with van der Waals surface area (Å²) in [5, 5.41) is 0. The molecule has 0 saturated carbocycles. The minimum Gasteiger partial charge on any atom is -0.434 e. The average Bonchev–Trinajstić information content (AvgIpc) is 2.22. The number of hydrogen-bond donors (Lipinski definition) is 0. The fourth-order valence-electron chi connectivity index (χ4n) is 1.09. The highest BCUT2D eigenvalue weighted by atomic mass is 16.7. The third kappa shape index (κ3) is 9.49. The van der Waals surface area contributed by atoms with E-state index in [4.69, 9.17) is 9.47 Å². The van der Waals surface area contributed by atoms with E-state index in [1.165, 1.54) is 0 Å². The number of unbranched alkanes of at least 4 members (excludes halogenated alkanes) is 2. The molecule has 0 aliphatic heterocycles. The van der Waals surface area contributed by atoms with Crippen molar-refractivity contribution >= 4 is 11.9 Å². The van der Waals surface area contributed by atoms with Gasteiger partial charge in [0.05, 0.1) is 6.61 Å². The second-order valence-electron chi connectivity index (χ2n) is 3.95. The maximum absolute atomic E-state index is 11.1. The van der Waals surface area contributed by atoms with E-state index in [-0.39, 0.29) is 11.9 Å². The molecule has 0 bridgehead atoms. The van der Waals surface area contributed by atoms with Gasteiger partial charge in [0, 0.05) is 6.42 Å². The zero-order valence-corrected chi connectivity index (χ0v) is 10.5. The van der Waals surface area contributed by atoms with Crippen LogP contribution in [-0.2, 0) is 14.3 Å². The summed E-state index contributed by atoms with van der Waals surface area (Å²) in [6, 6.07) is 0. The number of ether oxygens (including phenoxy) is 2. The van der Waals surface area contributed by atoms with Crippen molar-refractivity contribution in [1.29, 1.82) is 0 Å². The summed E-state index contributed by atoms with van der Waals surface area (Å²) in [6.07, 6.45) is 3.24. The average molecular weight is 230 g/mol. The monoisotopic (exact) mass is 230 g/mol. The van der Waals surface area contributed by atoms with Crippen LogP contribution in [0.1, 0.15) is 52.9 Å². The molecule has 0 N–H and O–H groups in total. The molecule has 1 unspecified atom stereocenters. The van der Waals surface area contributed by atoms with Crippen molar-refractivity contribution in [3.05, 3.63) is 0 Å². The molecule has 0 aliphatic rings. The van der Waals surface area contributed by atoms with E-state index in [9.17, 15) is 9.59 Å². The van der Waals surface area contributed by atoms with Gasteiger partial charge in [-0.2, -0.15) is 0 Å². The molecule has 94 valence electrons. The maximum atomic E-state index is 11.1. The summed E-state index contributed by atoms with van der Waals surface area (Å²) in [6.45, 7) is 5.72. The van der Waals surface area contributed by atoms with Crippen LogP contribution in [0, 0.1) is 0 Å². The minimum atomic E-state index is -0.596. The van der Waals surface area contributed by atoms with E-state index in [0.29, 0.717) is 13.0 Å². The van der Waals surface area contributed by atoms with Crippen molar-refractivity contribution < 1.29 is 19.1 Å². The Balaban J connectivity index is 3.31. The van der Waals surface area contributed by atoms with Crippen molar-refractivity contribution in [3.63, 3.8) is 0 Å². The Labute approximate surface area is 97.3 Å². The molecule has 0 spiro atoms. The van der Waals surface area contributed by atoms with Crippen LogP contribution in [0.4, 0.5) is 4.79 Å². The minimum absolute atomic E-state index is 0.0924. The lowest BCUT2D eigenvalue weighted by Gasteiger charge is -2.10. The van der Waals surface area contributed by atoms with E-state index < -0.39 is 6.16 Å². The Hall–Kier alpha value is -1.06. The number of hydrogen-bond acceptors (Lipinski definition) is 4. The van der Waals surface area contributed by atoms with Gasteiger partial charge in [-0.1, -0.05) is 6.92 Å². The third-order valence-electron chi connectivity index (χ3n) is 2.27. The highest BCUT2D eigenvalue weighted by molar-refractivity contribution is 5.75. The Kier molecular flexibility index (Phi) is 8.58. The highest BCUT2D eigenvalue weighted by Crippen LogP contribution is 2.03. The van der Waals surface area contributed by atoms with E-state index in [0.717, 1.165) is 25.7 Å². The van der Waals surface area contributed by atoms with Crippen molar-refractivity contribution in [1.82, 2.24) is 0 Å². The predicted molar refractivity (Wildman–Crippen MR) is 61.3 cm³/mol. The van der Waals surface area contributed by atoms with Crippen molar-refractivity contribution in [2.75, 3.05) is 6.61 Å². The third-order valence-corrected chi connectivity index (χ3v) is 2.27. The summed E-state index contributed by atoms with van der Waals surface area (Å²) in [7, 11) is 0. The zero-order valence-electron chi connectivity index (χ0n) is 10.5. The van der Waals surface area contributed by atoms with Crippen LogP contribution in [0.5, 0.6) is 0 Å². The lowest BCUT2D eigenvalue weighted by Crippen LogP contribution is -2.15. The zero-order chi connectivity index (χ0) is 12.4. The first-order valence-corrected chi connectivity index (χ1v) is 5.89. The summed E-state index contributed by atoms with van der Waals surface area (Å²) in [5.74, 6) is 0.206. The Morgan fingerprint density at radius 1 is 1.19 bits per heavy atom. The van der Waals surface area contributed by atoms with E-state index in [1.807, 2.05) is 13.8 Å². The van der Waals surface area contributed by atoms with Crippen molar-refractivity contribution in [3.8, 4) is 0 Å². The molecule has 0 radical (unpaired) electrons. The van der Waals surface area contributed by atoms with Gasteiger partial charge in [-0.05, 0) is 39.5 Å². The smallest absolute Gasteiger partial charge is 0.434 e. The Bertz CT molecular complexity index is 213. The SMILES string of the molecule is CCC(C)OC(=O)OCCCCCC(C)=O. The lowest BCUT2D eigenvalue weighted by molar-refractivity contribution is -0.117. The van der Waals surface area contributed by atoms with E-state index in [2.05, 4.69) is 0 Å². The second-order valence-corrected chi connectivity index (χ2v) is 3.95. The first-order chi connectivity index (χ1) is 7.56. The van der Waals surface area contributed by atoms with Gasteiger partial charge in [0.25, 0.3) is 0 Å². The summed E-state index contributed by atoms with van der Waals surface area (Å²) >= 11 is 0. The summed E-state index contributed by atoms with van der Waals surface area (Å²) in [5.41, 5.74) is 0. The number of carbonyl (C=O) groups excluding carboxylic acids is 2. The fourth-order valence-corrected chi connectivity index (χ4v) is 1.09. The molecule has 0 aliphatic carbocycles.